The molecule has 2 nitrogen and oxygen atoms in total. The van der Waals surface area contributed by atoms with Crippen LogP contribution in [0.1, 0.15) is 37.8 Å². The second-order valence-corrected chi connectivity index (χ2v) is 4.65. The van der Waals surface area contributed by atoms with Gasteiger partial charge in [-0.1, -0.05) is 50.1 Å². The summed E-state index contributed by atoms with van der Waals surface area (Å²) < 4.78 is 5.40. The number of hydrogen-bond acceptors (Lipinski definition) is 2. The molecule has 2 aromatic carbocycles. The summed E-state index contributed by atoms with van der Waals surface area (Å²) in [6.07, 6.45) is 3.39. The Bertz CT molecular complexity index is 521. The minimum atomic E-state index is 0.112. The van der Waals surface area contributed by atoms with Crippen LogP contribution >= 0.6 is 0 Å². The van der Waals surface area contributed by atoms with E-state index in [1.54, 1.807) is 7.11 Å². The van der Waals surface area contributed by atoms with Crippen LogP contribution in [0.15, 0.2) is 36.4 Å². The van der Waals surface area contributed by atoms with Crippen molar-refractivity contribution >= 4 is 10.8 Å². The van der Waals surface area contributed by atoms with Crippen molar-refractivity contribution < 1.29 is 4.74 Å². The lowest BCUT2D eigenvalue weighted by atomic mass is 9.95. The van der Waals surface area contributed by atoms with Crippen molar-refractivity contribution in [3.63, 3.8) is 0 Å². The third-order valence-electron chi connectivity index (χ3n) is 3.41. The summed E-state index contributed by atoms with van der Waals surface area (Å²) >= 11 is 0. The highest BCUT2D eigenvalue weighted by molar-refractivity contribution is 5.91. The molecule has 0 aliphatic rings. The van der Waals surface area contributed by atoms with Crippen LogP contribution in [0.25, 0.3) is 10.8 Å². The highest BCUT2D eigenvalue weighted by atomic mass is 16.5. The van der Waals surface area contributed by atoms with E-state index in [1.807, 2.05) is 12.1 Å². The van der Waals surface area contributed by atoms with Gasteiger partial charge in [-0.05, 0) is 23.4 Å². The highest BCUT2D eigenvalue weighted by Gasteiger charge is 2.11. The molecule has 96 valence electrons. The van der Waals surface area contributed by atoms with E-state index >= 15 is 0 Å². The maximum absolute atomic E-state index is 6.30. The molecular weight excluding hydrogens is 222 g/mol. The van der Waals surface area contributed by atoms with Crippen LogP contribution in [0, 0.1) is 0 Å². The minimum Gasteiger partial charge on any atom is -0.496 e. The zero-order chi connectivity index (χ0) is 13.0. The van der Waals surface area contributed by atoms with Crippen molar-refractivity contribution in [2.45, 2.75) is 32.2 Å². The first kappa shape index (κ1) is 12.9. The normalized spacial score (nSPS) is 12.6. The Labute approximate surface area is 109 Å². The Morgan fingerprint density at radius 3 is 2.50 bits per heavy atom. The smallest absolute Gasteiger partial charge is 0.126 e. The molecule has 0 bridgehead atoms. The van der Waals surface area contributed by atoms with E-state index < -0.39 is 0 Å². The summed E-state index contributed by atoms with van der Waals surface area (Å²) in [5.74, 6) is 0.914. The van der Waals surface area contributed by atoms with E-state index in [1.165, 1.54) is 23.8 Å². The van der Waals surface area contributed by atoms with Crippen LogP contribution in [-0.4, -0.2) is 7.11 Å². The summed E-state index contributed by atoms with van der Waals surface area (Å²) in [7, 11) is 1.71. The van der Waals surface area contributed by atoms with Gasteiger partial charge in [0.15, 0.2) is 0 Å². The number of methoxy groups -OCH3 is 1. The van der Waals surface area contributed by atoms with E-state index in [-0.39, 0.29) is 6.04 Å². The number of rotatable bonds is 5. The molecule has 0 radical (unpaired) electrons. The van der Waals surface area contributed by atoms with Gasteiger partial charge in [0.1, 0.15) is 5.75 Å². The van der Waals surface area contributed by atoms with Gasteiger partial charge in [-0.15, -0.1) is 0 Å². The van der Waals surface area contributed by atoms with Gasteiger partial charge in [0.05, 0.1) is 7.11 Å². The van der Waals surface area contributed by atoms with E-state index in [0.29, 0.717) is 0 Å². The Morgan fingerprint density at radius 2 is 1.83 bits per heavy atom. The van der Waals surface area contributed by atoms with Gasteiger partial charge in [0.25, 0.3) is 0 Å². The number of unbranched alkanes of at least 4 members (excludes halogenated alkanes) is 1. The Kier molecular flexibility index (Phi) is 4.21. The fourth-order valence-corrected chi connectivity index (χ4v) is 2.38. The standard InChI is InChI=1S/C16H21NO/c1-3-4-9-15(17)13-10-11-16(18-2)14-8-6-5-7-12(13)14/h5-8,10-11,15H,3-4,9,17H2,1-2H3. The van der Waals surface area contributed by atoms with Crippen LogP contribution in [0.5, 0.6) is 5.75 Å². The predicted octanol–water partition coefficient (Wildman–Crippen LogP) is 4.04. The predicted molar refractivity (Wildman–Crippen MR) is 77.0 cm³/mol. The highest BCUT2D eigenvalue weighted by Crippen LogP contribution is 2.32. The van der Waals surface area contributed by atoms with Crippen molar-refractivity contribution in [1.29, 1.82) is 0 Å². The summed E-state index contributed by atoms with van der Waals surface area (Å²) in [6, 6.07) is 12.5. The first-order valence-electron chi connectivity index (χ1n) is 6.59. The average Bonchev–Trinajstić information content (AvgIpc) is 2.43. The van der Waals surface area contributed by atoms with Gasteiger partial charge in [-0.25, -0.2) is 0 Å². The van der Waals surface area contributed by atoms with E-state index in [4.69, 9.17) is 10.5 Å². The fourth-order valence-electron chi connectivity index (χ4n) is 2.38. The van der Waals surface area contributed by atoms with Crippen molar-refractivity contribution in [2.75, 3.05) is 7.11 Å². The quantitative estimate of drug-likeness (QED) is 0.860. The third kappa shape index (κ3) is 2.49. The molecule has 2 N–H and O–H groups in total. The molecule has 0 aliphatic heterocycles. The largest absolute Gasteiger partial charge is 0.496 e. The molecule has 0 saturated carbocycles. The van der Waals surface area contributed by atoms with Gasteiger partial charge in [-0.2, -0.15) is 0 Å². The van der Waals surface area contributed by atoms with Crippen LogP contribution < -0.4 is 10.5 Å². The molecule has 0 aliphatic carbocycles. The maximum Gasteiger partial charge on any atom is 0.126 e. The van der Waals surface area contributed by atoms with Gasteiger partial charge in [0.2, 0.25) is 0 Å². The Hall–Kier alpha value is -1.54. The molecule has 1 atom stereocenters. The van der Waals surface area contributed by atoms with Crippen LogP contribution in [0.3, 0.4) is 0 Å². The van der Waals surface area contributed by atoms with Gasteiger partial charge in [0, 0.05) is 11.4 Å². The monoisotopic (exact) mass is 243 g/mol. The molecule has 0 fully saturated rings. The average molecular weight is 243 g/mol. The molecule has 2 heteroatoms. The summed E-state index contributed by atoms with van der Waals surface area (Å²) in [5, 5.41) is 2.35. The molecule has 0 amide bonds. The lowest BCUT2D eigenvalue weighted by Gasteiger charge is -2.16. The summed E-state index contributed by atoms with van der Waals surface area (Å²) in [5.41, 5.74) is 7.52. The van der Waals surface area contributed by atoms with Crippen LogP contribution in [0.4, 0.5) is 0 Å². The fraction of sp³-hybridized carbons (Fsp3) is 0.375. The van der Waals surface area contributed by atoms with Crippen molar-refractivity contribution in [2.24, 2.45) is 5.73 Å². The third-order valence-corrected chi connectivity index (χ3v) is 3.41. The van der Waals surface area contributed by atoms with Crippen molar-refractivity contribution in [1.82, 2.24) is 0 Å². The zero-order valence-corrected chi connectivity index (χ0v) is 11.1. The number of ether oxygens (including phenoxy) is 1. The second-order valence-electron chi connectivity index (χ2n) is 4.65. The first-order chi connectivity index (χ1) is 8.77. The Morgan fingerprint density at radius 1 is 1.11 bits per heavy atom. The van der Waals surface area contributed by atoms with Crippen molar-refractivity contribution in [3.8, 4) is 5.75 Å². The molecule has 18 heavy (non-hydrogen) atoms. The van der Waals surface area contributed by atoms with E-state index in [2.05, 4.69) is 31.2 Å². The molecule has 2 rings (SSSR count). The molecular formula is C16H21NO. The van der Waals surface area contributed by atoms with Gasteiger partial charge >= 0.3 is 0 Å². The lowest BCUT2D eigenvalue weighted by molar-refractivity contribution is 0.419. The number of fused-ring (bicyclic) bond motifs is 1. The number of nitrogens with two attached hydrogens (primary N) is 1. The Balaban J connectivity index is 2.45. The van der Waals surface area contributed by atoms with Crippen LogP contribution in [-0.2, 0) is 0 Å². The van der Waals surface area contributed by atoms with E-state index in [9.17, 15) is 0 Å². The second kappa shape index (κ2) is 5.87. The SMILES string of the molecule is CCCCC(N)c1ccc(OC)c2ccccc12. The molecule has 0 saturated heterocycles. The first-order valence-corrected chi connectivity index (χ1v) is 6.59. The van der Waals surface area contributed by atoms with Gasteiger partial charge < -0.3 is 10.5 Å². The topological polar surface area (TPSA) is 35.2 Å². The molecule has 2 aromatic rings. The molecule has 0 heterocycles. The zero-order valence-electron chi connectivity index (χ0n) is 11.1. The maximum atomic E-state index is 6.30. The summed E-state index contributed by atoms with van der Waals surface area (Å²) in [6.45, 7) is 2.19. The number of hydrogen-bond donors (Lipinski definition) is 1. The minimum absolute atomic E-state index is 0.112. The van der Waals surface area contributed by atoms with Gasteiger partial charge in [-0.3, -0.25) is 0 Å². The number of benzene rings is 2. The summed E-state index contributed by atoms with van der Waals surface area (Å²) in [4.78, 5) is 0. The van der Waals surface area contributed by atoms with Crippen LogP contribution in [0.2, 0.25) is 0 Å². The molecule has 0 spiro atoms. The van der Waals surface area contributed by atoms with E-state index in [0.717, 1.165) is 17.6 Å². The lowest BCUT2D eigenvalue weighted by Crippen LogP contribution is -2.10. The molecule has 1 unspecified atom stereocenters. The molecule has 0 aromatic heterocycles. The van der Waals surface area contributed by atoms with Crippen molar-refractivity contribution in [3.05, 3.63) is 42.0 Å².